The third kappa shape index (κ3) is 4.23. The smallest absolute Gasteiger partial charge is 0.417 e. The van der Waals surface area contributed by atoms with Crippen LogP contribution in [0.1, 0.15) is 25.5 Å². The van der Waals surface area contributed by atoms with Crippen molar-refractivity contribution in [2.75, 3.05) is 5.32 Å². The second kappa shape index (κ2) is 8.42. The number of hydrogen-bond donors (Lipinski definition) is 1. The van der Waals surface area contributed by atoms with Gasteiger partial charge >= 0.3 is 6.18 Å². The molecule has 1 N–H and O–H groups in total. The van der Waals surface area contributed by atoms with Crippen LogP contribution in [0.5, 0.6) is 11.6 Å². The van der Waals surface area contributed by atoms with Crippen LogP contribution >= 0.6 is 11.6 Å². The molecule has 0 aliphatic heterocycles. The third-order valence-corrected chi connectivity index (χ3v) is 5.77. The van der Waals surface area contributed by atoms with Gasteiger partial charge in [-0.1, -0.05) is 11.6 Å². The van der Waals surface area contributed by atoms with Crippen molar-refractivity contribution in [3.8, 4) is 11.6 Å². The minimum Gasteiger partial charge on any atom is -0.438 e. The van der Waals surface area contributed by atoms with Crippen LogP contribution in [0, 0.1) is 0 Å². The highest BCUT2D eigenvalue weighted by molar-refractivity contribution is 6.31. The molecule has 2 aromatic carbocycles. The Morgan fingerprint density at radius 2 is 1.89 bits per heavy atom. The molecule has 3 heterocycles. The van der Waals surface area contributed by atoms with Crippen LogP contribution in [0.4, 0.5) is 24.8 Å². The molecular weight excluding hydrogens is 483 g/mol. The lowest BCUT2D eigenvalue weighted by molar-refractivity contribution is -0.137. The molecule has 0 aliphatic carbocycles. The Labute approximate surface area is 202 Å². The number of fused-ring (bicyclic) bond motifs is 2. The minimum absolute atomic E-state index is 0.124. The van der Waals surface area contributed by atoms with Crippen LogP contribution in [-0.2, 0) is 13.2 Å². The van der Waals surface area contributed by atoms with E-state index < -0.39 is 11.7 Å². The maximum atomic E-state index is 13.2. The van der Waals surface area contributed by atoms with E-state index in [1.54, 1.807) is 34.6 Å². The van der Waals surface area contributed by atoms with Gasteiger partial charge in [0, 0.05) is 24.8 Å². The largest absolute Gasteiger partial charge is 0.438 e. The molecule has 0 saturated heterocycles. The average Bonchev–Trinajstić information content (AvgIpc) is 3.36. The van der Waals surface area contributed by atoms with Gasteiger partial charge in [-0.2, -0.15) is 18.3 Å². The van der Waals surface area contributed by atoms with Gasteiger partial charge in [0.05, 0.1) is 27.8 Å². The van der Waals surface area contributed by atoms with Gasteiger partial charge in [0.15, 0.2) is 5.65 Å². The monoisotopic (exact) mass is 501 g/mol. The summed E-state index contributed by atoms with van der Waals surface area (Å²) in [5.41, 5.74) is 1.29. The number of alkyl halides is 3. The summed E-state index contributed by atoms with van der Waals surface area (Å²) in [6, 6.07) is 9.03. The van der Waals surface area contributed by atoms with Crippen molar-refractivity contribution >= 4 is 45.3 Å². The maximum absolute atomic E-state index is 13.2. The van der Waals surface area contributed by atoms with Gasteiger partial charge in [0.25, 0.3) is 0 Å². The van der Waals surface area contributed by atoms with Crippen LogP contribution in [-0.4, -0.2) is 29.3 Å². The lowest BCUT2D eigenvalue weighted by atomic mass is 10.2. The van der Waals surface area contributed by atoms with Crippen molar-refractivity contribution in [2.45, 2.75) is 26.1 Å². The van der Waals surface area contributed by atoms with E-state index in [1.165, 1.54) is 18.5 Å². The summed E-state index contributed by atoms with van der Waals surface area (Å²) in [6.45, 7) is 4.01. The van der Waals surface area contributed by atoms with Crippen molar-refractivity contribution in [1.82, 2.24) is 29.3 Å². The molecule has 0 saturated carbocycles. The van der Waals surface area contributed by atoms with Gasteiger partial charge < -0.3 is 14.6 Å². The van der Waals surface area contributed by atoms with Gasteiger partial charge in [0.2, 0.25) is 11.8 Å². The van der Waals surface area contributed by atoms with E-state index >= 15 is 0 Å². The summed E-state index contributed by atoms with van der Waals surface area (Å²) in [5, 5.41) is 7.59. The molecule has 5 aromatic rings. The van der Waals surface area contributed by atoms with E-state index in [4.69, 9.17) is 16.3 Å². The lowest BCUT2D eigenvalue weighted by Crippen LogP contribution is -2.07. The first-order chi connectivity index (χ1) is 16.6. The number of imidazole rings is 1. The van der Waals surface area contributed by atoms with Gasteiger partial charge in [-0.05, 0) is 44.2 Å². The Hall–Kier alpha value is -3.86. The summed E-state index contributed by atoms with van der Waals surface area (Å²) < 4.78 is 49.2. The fraction of sp³-hybridized carbons (Fsp3) is 0.217. The maximum Gasteiger partial charge on any atom is 0.417 e. The Morgan fingerprint density at radius 1 is 1.09 bits per heavy atom. The Bertz CT molecular complexity index is 1560. The number of nitrogens with zero attached hydrogens (tertiary/aromatic N) is 6. The van der Waals surface area contributed by atoms with Gasteiger partial charge in [-0.15, -0.1) is 0 Å². The highest BCUT2D eigenvalue weighted by Crippen LogP contribution is 2.37. The molecule has 0 radical (unpaired) electrons. The van der Waals surface area contributed by atoms with Crippen molar-refractivity contribution in [3.63, 3.8) is 0 Å². The zero-order chi connectivity index (χ0) is 24.9. The summed E-state index contributed by atoms with van der Waals surface area (Å²) in [5.74, 6) is 1.21. The number of nitrogens with one attached hydrogen (secondary N) is 1. The molecule has 35 heavy (non-hydrogen) atoms. The number of rotatable bonds is 5. The zero-order valence-corrected chi connectivity index (χ0v) is 19.6. The lowest BCUT2D eigenvalue weighted by Gasteiger charge is -2.12. The van der Waals surface area contributed by atoms with E-state index in [9.17, 15) is 13.2 Å². The second-order valence-corrected chi connectivity index (χ2v) is 8.57. The molecule has 0 aliphatic rings. The van der Waals surface area contributed by atoms with Crippen molar-refractivity contribution in [2.24, 2.45) is 7.05 Å². The average molecular weight is 502 g/mol. The van der Waals surface area contributed by atoms with Crippen molar-refractivity contribution < 1.29 is 17.9 Å². The predicted molar refractivity (Wildman–Crippen MR) is 126 cm³/mol. The van der Waals surface area contributed by atoms with Gasteiger partial charge in [-0.3, -0.25) is 0 Å². The number of hydrogen-bond acceptors (Lipinski definition) is 6. The second-order valence-electron chi connectivity index (χ2n) is 8.16. The van der Waals surface area contributed by atoms with Crippen molar-refractivity contribution in [1.29, 1.82) is 0 Å². The topological polar surface area (TPSA) is 82.7 Å². The molecule has 0 fully saturated rings. The number of ether oxygens (including phenoxy) is 1. The first-order valence-corrected chi connectivity index (χ1v) is 11.0. The molecule has 3 aromatic heterocycles. The van der Waals surface area contributed by atoms with Crippen LogP contribution in [0.15, 0.2) is 48.9 Å². The molecule has 0 bridgehead atoms. The van der Waals surface area contributed by atoms with Gasteiger partial charge in [-0.25, -0.2) is 19.6 Å². The first-order valence-electron chi connectivity index (χ1n) is 10.6. The number of benzene rings is 2. The van der Waals surface area contributed by atoms with Crippen LogP contribution in [0.3, 0.4) is 0 Å². The van der Waals surface area contributed by atoms with E-state index in [2.05, 4.69) is 25.4 Å². The minimum atomic E-state index is -4.56. The van der Waals surface area contributed by atoms with E-state index in [-0.39, 0.29) is 16.8 Å². The van der Waals surface area contributed by atoms with E-state index in [1.807, 2.05) is 19.9 Å². The van der Waals surface area contributed by atoms with Crippen LogP contribution < -0.4 is 10.1 Å². The molecule has 180 valence electrons. The molecule has 5 rings (SSSR count). The summed E-state index contributed by atoms with van der Waals surface area (Å²) in [4.78, 5) is 13.1. The molecule has 0 atom stereocenters. The van der Waals surface area contributed by atoms with Crippen LogP contribution in [0.2, 0.25) is 5.02 Å². The Morgan fingerprint density at radius 3 is 2.63 bits per heavy atom. The molecule has 8 nitrogen and oxygen atoms in total. The predicted octanol–water partition coefficient (Wildman–Crippen LogP) is 6.50. The van der Waals surface area contributed by atoms with E-state index in [0.717, 1.165) is 11.6 Å². The summed E-state index contributed by atoms with van der Waals surface area (Å²) in [6.07, 6.45) is -1.49. The van der Waals surface area contributed by atoms with E-state index in [0.29, 0.717) is 34.1 Å². The van der Waals surface area contributed by atoms with Gasteiger partial charge in [0.1, 0.15) is 17.5 Å². The summed E-state index contributed by atoms with van der Waals surface area (Å²) in [7, 11) is 1.76. The highest BCUT2D eigenvalue weighted by atomic mass is 35.5. The zero-order valence-electron chi connectivity index (χ0n) is 18.8. The number of halogens is 4. The number of anilines is 2. The fourth-order valence-corrected chi connectivity index (χ4v) is 3.94. The fourth-order valence-electron chi connectivity index (χ4n) is 3.72. The Balaban J connectivity index is 1.45. The SMILES string of the molecule is CC(C)n1ncc2c(Oc3ccc4c(c3)nc(Nc3ccc(Cl)c(C(F)(F)F)c3)n4C)ncnc21. The number of aromatic nitrogens is 6. The molecular formula is C23H19ClF3N7O. The van der Waals surface area contributed by atoms with Crippen LogP contribution in [0.25, 0.3) is 22.1 Å². The van der Waals surface area contributed by atoms with Crippen molar-refractivity contribution in [3.05, 3.63) is 59.5 Å². The molecule has 0 unspecified atom stereocenters. The molecule has 0 spiro atoms. The highest BCUT2D eigenvalue weighted by Gasteiger charge is 2.33. The third-order valence-electron chi connectivity index (χ3n) is 5.44. The number of aryl methyl sites for hydroxylation is 1. The normalized spacial score (nSPS) is 12.1. The molecule has 12 heteroatoms. The standard InChI is InChI=1S/C23H19ClF3N7O/c1-12(2)34-20-15(10-30-34)21(29-11-28-20)35-14-5-7-19-18(9-14)32-22(33(19)3)31-13-4-6-17(24)16(8-13)23(25,26)27/h4-12H,1-3H3,(H,31,32). The Kier molecular flexibility index (Phi) is 5.51. The first kappa shape index (κ1) is 22.9. The molecule has 0 amide bonds. The quantitative estimate of drug-likeness (QED) is 0.296. The summed E-state index contributed by atoms with van der Waals surface area (Å²) >= 11 is 5.72.